The van der Waals surface area contributed by atoms with Gasteiger partial charge in [0.15, 0.2) is 0 Å². The van der Waals surface area contributed by atoms with Crippen molar-refractivity contribution in [2.75, 3.05) is 24.6 Å². The smallest absolute Gasteiger partial charge is 0.0594 e. The van der Waals surface area contributed by atoms with E-state index in [1.165, 1.54) is 135 Å². The first-order valence-corrected chi connectivity index (χ1v) is 17.6. The highest BCUT2D eigenvalue weighted by atomic mass is 79.9. The number of hydrogen-bond acceptors (Lipinski definition) is 0. The lowest BCUT2D eigenvalue weighted by molar-refractivity contribution is -0.00000710. The SMILES string of the molecule is CCCCCCCCCCCCCCCCCC[P+](CCCC)(CCCC)CCCC.[Br-]. The van der Waals surface area contributed by atoms with E-state index in [4.69, 9.17) is 0 Å². The highest BCUT2D eigenvalue weighted by molar-refractivity contribution is 7.75. The third-order valence-corrected chi connectivity index (χ3v) is 12.5. The van der Waals surface area contributed by atoms with Gasteiger partial charge in [-0.1, -0.05) is 137 Å². The van der Waals surface area contributed by atoms with E-state index < -0.39 is 7.26 Å². The maximum Gasteiger partial charge on any atom is 0.0594 e. The molecule has 0 saturated carbocycles. The van der Waals surface area contributed by atoms with Crippen LogP contribution in [0.1, 0.15) is 169 Å². The summed E-state index contributed by atoms with van der Waals surface area (Å²) in [7, 11) is -0.634. The molecule has 32 heavy (non-hydrogen) atoms. The first-order chi connectivity index (χ1) is 15.2. The fourth-order valence-electron chi connectivity index (χ4n) is 5.15. The van der Waals surface area contributed by atoms with Gasteiger partial charge in [-0.15, -0.1) is 0 Å². The predicted molar refractivity (Wildman–Crippen MR) is 151 cm³/mol. The summed E-state index contributed by atoms with van der Waals surface area (Å²) < 4.78 is 0. The van der Waals surface area contributed by atoms with Gasteiger partial charge in [0.05, 0.1) is 24.6 Å². The number of unbranched alkanes of at least 4 members (excludes halogenated alkanes) is 18. The van der Waals surface area contributed by atoms with Crippen molar-refractivity contribution in [3.63, 3.8) is 0 Å². The van der Waals surface area contributed by atoms with Crippen molar-refractivity contribution in [2.24, 2.45) is 0 Å². The molecule has 2 heteroatoms. The number of halogens is 1. The van der Waals surface area contributed by atoms with Crippen LogP contribution >= 0.6 is 7.26 Å². The third kappa shape index (κ3) is 22.7. The van der Waals surface area contributed by atoms with Crippen molar-refractivity contribution < 1.29 is 17.0 Å². The lowest BCUT2D eigenvalue weighted by atomic mass is 10.0. The van der Waals surface area contributed by atoms with Crippen molar-refractivity contribution in [3.05, 3.63) is 0 Å². The zero-order chi connectivity index (χ0) is 22.9. The lowest BCUT2D eigenvalue weighted by Gasteiger charge is -2.28. The molecule has 0 aromatic heterocycles. The Morgan fingerprint density at radius 3 is 0.781 bits per heavy atom. The molecule has 0 aliphatic heterocycles. The Morgan fingerprint density at radius 2 is 0.500 bits per heavy atom. The molecule has 0 aliphatic carbocycles. The molecule has 0 heterocycles. The summed E-state index contributed by atoms with van der Waals surface area (Å²) >= 11 is 0. The molecule has 0 fully saturated rings. The second kappa shape index (κ2) is 28.1. The second-order valence-electron chi connectivity index (χ2n) is 10.6. The van der Waals surface area contributed by atoms with E-state index in [0.717, 1.165) is 0 Å². The zero-order valence-electron chi connectivity index (χ0n) is 23.2. The van der Waals surface area contributed by atoms with Gasteiger partial charge in [0.25, 0.3) is 0 Å². The number of hydrogen-bond donors (Lipinski definition) is 0. The van der Waals surface area contributed by atoms with Crippen LogP contribution in [0.5, 0.6) is 0 Å². The molecule has 0 nitrogen and oxygen atoms in total. The summed E-state index contributed by atoms with van der Waals surface area (Å²) in [5.41, 5.74) is 0. The van der Waals surface area contributed by atoms with Crippen molar-refractivity contribution in [1.29, 1.82) is 0 Å². The van der Waals surface area contributed by atoms with E-state index in [1.54, 1.807) is 31.1 Å². The molecule has 0 spiro atoms. The Kier molecular flexibility index (Phi) is 30.9. The highest BCUT2D eigenvalue weighted by Crippen LogP contribution is 2.61. The second-order valence-corrected chi connectivity index (χ2v) is 15.1. The fraction of sp³-hybridized carbons (Fsp3) is 1.00. The Bertz CT molecular complexity index is 309. The van der Waals surface area contributed by atoms with Gasteiger partial charge in [0.2, 0.25) is 0 Å². The van der Waals surface area contributed by atoms with Gasteiger partial charge in [0, 0.05) is 7.26 Å². The number of rotatable bonds is 26. The highest BCUT2D eigenvalue weighted by Gasteiger charge is 2.34. The van der Waals surface area contributed by atoms with Gasteiger partial charge >= 0.3 is 0 Å². The van der Waals surface area contributed by atoms with Gasteiger partial charge in [-0.2, -0.15) is 0 Å². The monoisotopic (exact) mass is 534 g/mol. The molecule has 0 N–H and O–H groups in total. The van der Waals surface area contributed by atoms with Crippen LogP contribution in [0.15, 0.2) is 0 Å². The molecule has 196 valence electrons. The minimum atomic E-state index is -0.634. The fourth-order valence-corrected chi connectivity index (χ4v) is 10.3. The summed E-state index contributed by atoms with van der Waals surface area (Å²) in [6, 6.07) is 0. The van der Waals surface area contributed by atoms with E-state index in [1.807, 2.05) is 0 Å². The zero-order valence-corrected chi connectivity index (χ0v) is 25.7. The van der Waals surface area contributed by atoms with Crippen molar-refractivity contribution >= 4 is 7.26 Å². The van der Waals surface area contributed by atoms with Crippen LogP contribution in [0.4, 0.5) is 0 Å². The maximum absolute atomic E-state index is 2.39. The average molecular weight is 536 g/mol. The quantitative estimate of drug-likeness (QED) is 0.0768. The van der Waals surface area contributed by atoms with Crippen LogP contribution in [0, 0.1) is 0 Å². The average Bonchev–Trinajstić information content (AvgIpc) is 2.79. The first-order valence-electron chi connectivity index (χ1n) is 15.1. The molecule has 0 atom stereocenters. The van der Waals surface area contributed by atoms with Crippen LogP contribution in [-0.2, 0) is 0 Å². The molecular formula is C30H64BrP. The molecule has 0 unspecified atom stereocenters. The van der Waals surface area contributed by atoms with Gasteiger partial charge in [0.1, 0.15) is 0 Å². The molecule has 0 radical (unpaired) electrons. The van der Waals surface area contributed by atoms with Crippen LogP contribution in [0.3, 0.4) is 0 Å². The summed E-state index contributed by atoms with van der Waals surface area (Å²) in [6.45, 7) is 9.48. The van der Waals surface area contributed by atoms with E-state index in [0.29, 0.717) is 0 Å². The molecule has 0 rings (SSSR count). The largest absolute Gasteiger partial charge is 1.00 e. The van der Waals surface area contributed by atoms with Crippen LogP contribution in [-0.4, -0.2) is 24.6 Å². The topological polar surface area (TPSA) is 0 Å². The molecule has 0 aliphatic rings. The summed E-state index contributed by atoms with van der Waals surface area (Å²) in [5.74, 6) is 0. The van der Waals surface area contributed by atoms with E-state index in [2.05, 4.69) is 27.7 Å². The minimum absolute atomic E-state index is 0. The van der Waals surface area contributed by atoms with Gasteiger partial charge in [-0.25, -0.2) is 0 Å². The van der Waals surface area contributed by atoms with Gasteiger partial charge < -0.3 is 17.0 Å². The van der Waals surface area contributed by atoms with E-state index >= 15 is 0 Å². The molecule has 0 amide bonds. The van der Waals surface area contributed by atoms with Crippen LogP contribution in [0.25, 0.3) is 0 Å². The van der Waals surface area contributed by atoms with Gasteiger partial charge in [-0.05, 0) is 32.1 Å². The predicted octanol–water partition coefficient (Wildman–Crippen LogP) is 8.67. The lowest BCUT2D eigenvalue weighted by Crippen LogP contribution is -3.00. The first kappa shape index (κ1) is 35.1. The normalized spacial score (nSPS) is 11.6. The summed E-state index contributed by atoms with van der Waals surface area (Å²) in [6.07, 6.45) is 39.0. The Balaban J connectivity index is 0. The molecule has 0 bridgehead atoms. The Hall–Kier alpha value is 0.910. The molecule has 0 saturated heterocycles. The third-order valence-electron chi connectivity index (χ3n) is 7.44. The van der Waals surface area contributed by atoms with Crippen LogP contribution < -0.4 is 17.0 Å². The summed E-state index contributed by atoms with van der Waals surface area (Å²) in [4.78, 5) is 0. The minimum Gasteiger partial charge on any atom is -1.00 e. The maximum atomic E-state index is 2.39. The Labute approximate surface area is 217 Å². The summed E-state index contributed by atoms with van der Waals surface area (Å²) in [5, 5.41) is 0. The van der Waals surface area contributed by atoms with Crippen molar-refractivity contribution in [1.82, 2.24) is 0 Å². The van der Waals surface area contributed by atoms with E-state index in [-0.39, 0.29) is 17.0 Å². The van der Waals surface area contributed by atoms with E-state index in [9.17, 15) is 0 Å². The molecule has 0 aromatic carbocycles. The Morgan fingerprint density at radius 1 is 0.281 bits per heavy atom. The van der Waals surface area contributed by atoms with Crippen molar-refractivity contribution in [2.45, 2.75) is 169 Å². The van der Waals surface area contributed by atoms with Gasteiger partial charge in [-0.3, -0.25) is 0 Å². The molecule has 0 aromatic rings. The van der Waals surface area contributed by atoms with Crippen molar-refractivity contribution in [3.8, 4) is 0 Å². The standard InChI is InChI=1S/C30H64P.BrH/c1-5-9-13-14-15-16-17-18-19-20-21-22-23-24-25-26-30-31(27-10-6-2,28-11-7-3)29-12-8-4;/h5-30H2,1-4H3;1H/q+1;/p-1. The molecular weight excluding hydrogens is 471 g/mol. The van der Waals surface area contributed by atoms with Crippen LogP contribution in [0.2, 0.25) is 0 Å².